The second kappa shape index (κ2) is 4.89. The number of sulfone groups is 1. The minimum absolute atomic E-state index is 0.0403. The summed E-state index contributed by atoms with van der Waals surface area (Å²) in [6.45, 7) is 0. The SMILES string of the molecule is O=S(=O)(c1ccc(Cl)cc1)c1ccc2ccccc2n1. The van der Waals surface area contributed by atoms with Crippen LogP contribution in [-0.2, 0) is 9.84 Å². The molecule has 3 rings (SSSR count). The molecule has 0 saturated carbocycles. The van der Waals surface area contributed by atoms with Gasteiger partial charge in [-0.05, 0) is 42.5 Å². The van der Waals surface area contributed by atoms with Gasteiger partial charge in [0, 0.05) is 10.4 Å². The molecule has 0 aliphatic carbocycles. The zero-order valence-corrected chi connectivity index (χ0v) is 11.9. The van der Waals surface area contributed by atoms with Gasteiger partial charge >= 0.3 is 0 Å². The summed E-state index contributed by atoms with van der Waals surface area (Å²) in [6.07, 6.45) is 0. The van der Waals surface area contributed by atoms with Gasteiger partial charge < -0.3 is 0 Å². The van der Waals surface area contributed by atoms with E-state index >= 15 is 0 Å². The molecule has 3 nitrogen and oxygen atoms in total. The molecule has 1 heterocycles. The molecule has 20 heavy (non-hydrogen) atoms. The molecule has 0 bridgehead atoms. The second-order valence-electron chi connectivity index (χ2n) is 4.30. The molecule has 2 aromatic carbocycles. The van der Waals surface area contributed by atoms with Crippen molar-refractivity contribution in [2.75, 3.05) is 0 Å². The van der Waals surface area contributed by atoms with Crippen LogP contribution in [0.5, 0.6) is 0 Å². The Balaban J connectivity index is 2.15. The fraction of sp³-hybridized carbons (Fsp3) is 0. The average molecular weight is 304 g/mol. The van der Waals surface area contributed by atoms with Crippen LogP contribution in [0.15, 0.2) is 70.6 Å². The molecule has 100 valence electrons. The zero-order chi connectivity index (χ0) is 14.2. The van der Waals surface area contributed by atoms with E-state index in [0.29, 0.717) is 10.5 Å². The van der Waals surface area contributed by atoms with Gasteiger partial charge in [0.05, 0.1) is 10.4 Å². The lowest BCUT2D eigenvalue weighted by Crippen LogP contribution is -2.04. The van der Waals surface area contributed by atoms with Crippen LogP contribution >= 0.6 is 11.6 Å². The predicted molar refractivity (Wildman–Crippen MR) is 78.6 cm³/mol. The number of hydrogen-bond donors (Lipinski definition) is 0. The highest BCUT2D eigenvalue weighted by atomic mass is 35.5. The van der Waals surface area contributed by atoms with E-state index in [9.17, 15) is 8.42 Å². The van der Waals surface area contributed by atoms with Gasteiger partial charge in [0.25, 0.3) is 0 Å². The first-order valence-electron chi connectivity index (χ1n) is 5.94. The number of aromatic nitrogens is 1. The van der Waals surface area contributed by atoms with Gasteiger partial charge in [0.2, 0.25) is 9.84 Å². The highest BCUT2D eigenvalue weighted by Crippen LogP contribution is 2.23. The van der Waals surface area contributed by atoms with Crippen LogP contribution in [-0.4, -0.2) is 13.4 Å². The van der Waals surface area contributed by atoms with Crippen molar-refractivity contribution >= 4 is 32.3 Å². The molecule has 0 amide bonds. The maximum absolute atomic E-state index is 12.5. The third kappa shape index (κ3) is 2.28. The number of hydrogen-bond acceptors (Lipinski definition) is 3. The molecular weight excluding hydrogens is 294 g/mol. The Morgan fingerprint density at radius 1 is 0.850 bits per heavy atom. The summed E-state index contributed by atoms with van der Waals surface area (Å²) in [5.41, 5.74) is 0.655. The second-order valence-corrected chi connectivity index (χ2v) is 6.63. The summed E-state index contributed by atoms with van der Waals surface area (Å²) in [7, 11) is -3.62. The monoisotopic (exact) mass is 303 g/mol. The number of pyridine rings is 1. The first-order valence-corrected chi connectivity index (χ1v) is 7.80. The average Bonchev–Trinajstić information content (AvgIpc) is 2.47. The normalized spacial score (nSPS) is 11.7. The maximum Gasteiger partial charge on any atom is 0.223 e. The Labute approximate surface area is 121 Å². The number of nitrogens with zero attached hydrogens (tertiary/aromatic N) is 1. The Hall–Kier alpha value is -1.91. The molecule has 0 fully saturated rings. The van der Waals surface area contributed by atoms with Gasteiger partial charge in [-0.25, -0.2) is 13.4 Å². The molecule has 1 aromatic heterocycles. The van der Waals surface area contributed by atoms with Crippen LogP contribution in [0.1, 0.15) is 0 Å². The van der Waals surface area contributed by atoms with Crippen molar-refractivity contribution in [1.82, 2.24) is 4.98 Å². The third-order valence-electron chi connectivity index (χ3n) is 2.97. The summed E-state index contributed by atoms with van der Waals surface area (Å²) in [4.78, 5) is 4.41. The van der Waals surface area contributed by atoms with E-state index in [1.165, 1.54) is 18.2 Å². The largest absolute Gasteiger partial charge is 0.236 e. The van der Waals surface area contributed by atoms with E-state index in [2.05, 4.69) is 4.98 Å². The van der Waals surface area contributed by atoms with Crippen molar-refractivity contribution in [3.05, 3.63) is 65.7 Å². The van der Waals surface area contributed by atoms with Gasteiger partial charge in [0.1, 0.15) is 0 Å². The first kappa shape index (κ1) is 13.1. The lowest BCUT2D eigenvalue weighted by molar-refractivity contribution is 0.593. The molecule has 0 atom stereocenters. The fourth-order valence-corrected chi connectivity index (χ4v) is 3.26. The van der Waals surface area contributed by atoms with Gasteiger partial charge in [-0.2, -0.15) is 0 Å². The fourth-order valence-electron chi connectivity index (χ4n) is 1.93. The lowest BCUT2D eigenvalue weighted by atomic mass is 10.2. The number of rotatable bonds is 2. The molecule has 5 heteroatoms. The van der Waals surface area contributed by atoms with Crippen LogP contribution in [0.3, 0.4) is 0 Å². The van der Waals surface area contributed by atoms with Crippen molar-refractivity contribution < 1.29 is 8.42 Å². The topological polar surface area (TPSA) is 47.0 Å². The molecule has 0 N–H and O–H groups in total. The Bertz CT molecular complexity index is 874. The molecule has 0 saturated heterocycles. The Morgan fingerprint density at radius 2 is 1.55 bits per heavy atom. The van der Waals surface area contributed by atoms with Gasteiger partial charge in [-0.15, -0.1) is 0 Å². The van der Waals surface area contributed by atoms with Gasteiger partial charge in [-0.3, -0.25) is 0 Å². The van der Waals surface area contributed by atoms with Crippen molar-refractivity contribution in [3.63, 3.8) is 0 Å². The number of halogens is 1. The zero-order valence-electron chi connectivity index (χ0n) is 10.3. The third-order valence-corrected chi connectivity index (χ3v) is 4.89. The van der Waals surface area contributed by atoms with E-state index < -0.39 is 9.84 Å². The molecule has 3 aromatic rings. The minimum Gasteiger partial charge on any atom is -0.236 e. The van der Waals surface area contributed by atoms with Crippen LogP contribution < -0.4 is 0 Å². The van der Waals surface area contributed by atoms with Crippen LogP contribution in [0, 0.1) is 0 Å². The standard InChI is InChI=1S/C15H10ClNO2S/c16-12-6-8-13(9-7-12)20(18,19)15-10-5-11-3-1-2-4-14(11)17-15/h1-10H. The number of benzene rings is 2. The van der Waals surface area contributed by atoms with E-state index in [1.54, 1.807) is 24.3 Å². The maximum atomic E-state index is 12.5. The van der Waals surface area contributed by atoms with E-state index in [0.717, 1.165) is 5.39 Å². The van der Waals surface area contributed by atoms with Gasteiger partial charge in [-0.1, -0.05) is 29.8 Å². The number of para-hydroxylation sites is 1. The molecule has 0 spiro atoms. The van der Waals surface area contributed by atoms with E-state index in [1.807, 2.05) is 18.2 Å². The van der Waals surface area contributed by atoms with Crippen molar-refractivity contribution in [2.24, 2.45) is 0 Å². The van der Waals surface area contributed by atoms with Crippen molar-refractivity contribution in [3.8, 4) is 0 Å². The summed E-state index contributed by atoms with van der Waals surface area (Å²) < 4.78 is 25.0. The van der Waals surface area contributed by atoms with E-state index in [4.69, 9.17) is 11.6 Å². The molecule has 0 unspecified atom stereocenters. The predicted octanol–water partition coefficient (Wildman–Crippen LogP) is 3.72. The summed E-state index contributed by atoms with van der Waals surface area (Å²) in [6, 6.07) is 16.7. The van der Waals surface area contributed by atoms with Crippen molar-refractivity contribution in [1.29, 1.82) is 0 Å². The van der Waals surface area contributed by atoms with Crippen LogP contribution in [0.4, 0.5) is 0 Å². The Kier molecular flexibility index (Phi) is 3.20. The minimum atomic E-state index is -3.62. The highest BCUT2D eigenvalue weighted by molar-refractivity contribution is 7.91. The smallest absolute Gasteiger partial charge is 0.223 e. The molecule has 0 aliphatic heterocycles. The Morgan fingerprint density at radius 3 is 2.30 bits per heavy atom. The summed E-state index contributed by atoms with van der Waals surface area (Å²) >= 11 is 5.78. The molecular formula is C15H10ClNO2S. The summed E-state index contributed by atoms with van der Waals surface area (Å²) in [5, 5.41) is 1.44. The van der Waals surface area contributed by atoms with Crippen LogP contribution in [0.2, 0.25) is 5.02 Å². The van der Waals surface area contributed by atoms with Crippen LogP contribution in [0.25, 0.3) is 10.9 Å². The highest BCUT2D eigenvalue weighted by Gasteiger charge is 2.19. The van der Waals surface area contributed by atoms with Crippen molar-refractivity contribution in [2.45, 2.75) is 9.92 Å². The number of fused-ring (bicyclic) bond motifs is 1. The van der Waals surface area contributed by atoms with E-state index in [-0.39, 0.29) is 9.92 Å². The molecule has 0 aliphatic rings. The summed E-state index contributed by atoms with van der Waals surface area (Å²) in [5.74, 6) is 0. The lowest BCUT2D eigenvalue weighted by Gasteiger charge is -2.05. The van der Waals surface area contributed by atoms with Gasteiger partial charge in [0.15, 0.2) is 5.03 Å². The molecule has 0 radical (unpaired) electrons. The quantitative estimate of drug-likeness (QED) is 0.725. The first-order chi connectivity index (χ1) is 9.57.